The molecule has 4 rings (SSSR count). The zero-order chi connectivity index (χ0) is 18.1. The Morgan fingerprint density at radius 3 is 2.35 bits per heavy atom. The van der Waals surface area contributed by atoms with Crippen LogP contribution in [0.3, 0.4) is 0 Å². The topological polar surface area (TPSA) is 0 Å². The van der Waals surface area contributed by atoms with Gasteiger partial charge in [-0.25, -0.2) is 4.39 Å². The zero-order valence-electron chi connectivity index (χ0n) is 14.7. The van der Waals surface area contributed by atoms with Crippen LogP contribution in [0.4, 0.5) is 4.39 Å². The van der Waals surface area contributed by atoms with E-state index in [1.54, 1.807) is 12.1 Å². The van der Waals surface area contributed by atoms with Gasteiger partial charge in [0.15, 0.2) is 0 Å². The van der Waals surface area contributed by atoms with Gasteiger partial charge in [-0.1, -0.05) is 60.1 Å². The van der Waals surface area contributed by atoms with Crippen LogP contribution in [0, 0.1) is 11.7 Å². The van der Waals surface area contributed by atoms with E-state index < -0.39 is 0 Å². The molecule has 26 heavy (non-hydrogen) atoms. The van der Waals surface area contributed by atoms with E-state index in [-0.39, 0.29) is 5.82 Å². The summed E-state index contributed by atoms with van der Waals surface area (Å²) >= 11 is 5.94. The van der Waals surface area contributed by atoms with Crippen molar-refractivity contribution in [2.75, 3.05) is 0 Å². The van der Waals surface area contributed by atoms with Crippen LogP contribution in [0.25, 0.3) is 21.9 Å². The van der Waals surface area contributed by atoms with Crippen molar-refractivity contribution in [3.63, 3.8) is 0 Å². The summed E-state index contributed by atoms with van der Waals surface area (Å²) < 4.78 is 15.1. The van der Waals surface area contributed by atoms with Gasteiger partial charge >= 0.3 is 0 Å². The number of fused-ring (bicyclic) bond motifs is 1. The van der Waals surface area contributed by atoms with E-state index in [1.165, 1.54) is 31.2 Å². The first-order valence-corrected chi connectivity index (χ1v) is 9.64. The first kappa shape index (κ1) is 17.3. The molecule has 0 nitrogen and oxygen atoms in total. The second-order valence-corrected chi connectivity index (χ2v) is 7.70. The average molecular weight is 365 g/mol. The van der Waals surface area contributed by atoms with Crippen LogP contribution >= 0.6 is 11.6 Å². The molecule has 0 radical (unpaired) electrons. The molecule has 1 fully saturated rings. The smallest absolute Gasteiger partial charge is 0.138 e. The molecule has 0 saturated heterocycles. The zero-order valence-corrected chi connectivity index (χ0v) is 15.5. The summed E-state index contributed by atoms with van der Waals surface area (Å²) in [6.45, 7) is 3.92. The molecule has 0 aliphatic heterocycles. The molecule has 0 atom stereocenters. The lowest BCUT2D eigenvalue weighted by Gasteiger charge is -2.27. The molecule has 0 unspecified atom stereocenters. The second-order valence-electron chi connectivity index (χ2n) is 7.26. The van der Waals surface area contributed by atoms with Crippen molar-refractivity contribution in [3.8, 4) is 11.1 Å². The minimum absolute atomic E-state index is 0.160. The Labute approximate surface area is 159 Å². The minimum atomic E-state index is -0.160. The van der Waals surface area contributed by atoms with Gasteiger partial charge < -0.3 is 0 Å². The van der Waals surface area contributed by atoms with E-state index in [2.05, 4.69) is 24.8 Å². The number of rotatable bonds is 3. The standard InChI is InChI=1S/C24H22ClF/c1-2-16-3-5-17(6-4-16)19-9-13-23-20(15-19)10-14-22(24(23)26)18-7-11-21(25)12-8-18/h2,7-17H,1,3-6H2. The maximum Gasteiger partial charge on any atom is 0.138 e. The molecular formula is C24H22ClF. The van der Waals surface area contributed by atoms with Gasteiger partial charge in [-0.05, 0) is 66.2 Å². The lowest BCUT2D eigenvalue weighted by Crippen LogP contribution is -2.11. The maximum atomic E-state index is 15.1. The van der Waals surface area contributed by atoms with Crippen molar-refractivity contribution < 1.29 is 4.39 Å². The molecule has 3 aromatic carbocycles. The predicted octanol–water partition coefficient (Wildman–Crippen LogP) is 7.76. The molecule has 132 valence electrons. The summed E-state index contributed by atoms with van der Waals surface area (Å²) in [4.78, 5) is 0. The number of hydrogen-bond acceptors (Lipinski definition) is 0. The third-order valence-electron chi connectivity index (χ3n) is 5.71. The van der Waals surface area contributed by atoms with Crippen molar-refractivity contribution in [1.82, 2.24) is 0 Å². The molecule has 3 aromatic rings. The van der Waals surface area contributed by atoms with E-state index in [4.69, 9.17) is 11.6 Å². The molecule has 0 aromatic heterocycles. The van der Waals surface area contributed by atoms with Gasteiger partial charge in [0.05, 0.1) is 0 Å². The van der Waals surface area contributed by atoms with Crippen molar-refractivity contribution in [1.29, 1.82) is 0 Å². The maximum absolute atomic E-state index is 15.1. The highest BCUT2D eigenvalue weighted by atomic mass is 35.5. The Balaban J connectivity index is 1.67. The van der Waals surface area contributed by atoms with Gasteiger partial charge in [0.25, 0.3) is 0 Å². The Kier molecular flexibility index (Phi) is 4.82. The lowest BCUT2D eigenvalue weighted by atomic mass is 9.78. The Hall–Kier alpha value is -2.12. The summed E-state index contributed by atoms with van der Waals surface area (Å²) in [7, 11) is 0. The lowest BCUT2D eigenvalue weighted by molar-refractivity contribution is 0.376. The highest BCUT2D eigenvalue weighted by Gasteiger charge is 2.21. The molecule has 1 aliphatic rings. The molecule has 0 bridgehead atoms. The van der Waals surface area contributed by atoms with Crippen molar-refractivity contribution >= 4 is 22.4 Å². The monoisotopic (exact) mass is 364 g/mol. The highest BCUT2D eigenvalue weighted by molar-refractivity contribution is 6.30. The van der Waals surface area contributed by atoms with Gasteiger partial charge in [0.2, 0.25) is 0 Å². The van der Waals surface area contributed by atoms with Gasteiger partial charge in [-0.15, -0.1) is 6.58 Å². The number of halogens is 2. The molecule has 0 heterocycles. The first-order valence-electron chi connectivity index (χ1n) is 9.26. The third-order valence-corrected chi connectivity index (χ3v) is 5.96. The van der Waals surface area contributed by atoms with Crippen LogP contribution in [0.5, 0.6) is 0 Å². The summed E-state index contributed by atoms with van der Waals surface area (Å²) in [5.74, 6) is 1.08. The normalized spacial score (nSPS) is 20.2. The second kappa shape index (κ2) is 7.25. The van der Waals surface area contributed by atoms with E-state index in [0.717, 1.165) is 10.9 Å². The van der Waals surface area contributed by atoms with Crippen LogP contribution in [-0.4, -0.2) is 0 Å². The molecule has 0 N–H and O–H groups in total. The molecule has 0 amide bonds. The van der Waals surface area contributed by atoms with Gasteiger partial charge in [0, 0.05) is 16.0 Å². The summed E-state index contributed by atoms with van der Waals surface area (Å²) in [6.07, 6.45) is 6.87. The Morgan fingerprint density at radius 1 is 0.923 bits per heavy atom. The highest BCUT2D eigenvalue weighted by Crippen LogP contribution is 2.38. The summed E-state index contributed by atoms with van der Waals surface area (Å²) in [5, 5.41) is 2.32. The fourth-order valence-electron chi connectivity index (χ4n) is 4.10. The molecule has 0 spiro atoms. The largest absolute Gasteiger partial charge is 0.206 e. The summed E-state index contributed by atoms with van der Waals surface area (Å²) in [6, 6.07) is 17.4. The number of benzene rings is 3. The van der Waals surface area contributed by atoms with Crippen LogP contribution in [0.15, 0.2) is 67.3 Å². The van der Waals surface area contributed by atoms with Crippen LogP contribution < -0.4 is 0 Å². The average Bonchev–Trinajstić information content (AvgIpc) is 2.69. The van der Waals surface area contributed by atoms with Crippen LogP contribution in [0.1, 0.15) is 37.2 Å². The predicted molar refractivity (Wildman–Crippen MR) is 109 cm³/mol. The fourth-order valence-corrected chi connectivity index (χ4v) is 4.23. The van der Waals surface area contributed by atoms with Crippen molar-refractivity contribution in [2.24, 2.45) is 5.92 Å². The van der Waals surface area contributed by atoms with Crippen LogP contribution in [0.2, 0.25) is 5.02 Å². The van der Waals surface area contributed by atoms with Gasteiger partial charge in [0.1, 0.15) is 5.82 Å². The van der Waals surface area contributed by atoms with E-state index in [0.29, 0.717) is 27.8 Å². The first-order chi connectivity index (χ1) is 12.7. The van der Waals surface area contributed by atoms with E-state index >= 15 is 4.39 Å². The number of hydrogen-bond donors (Lipinski definition) is 0. The SMILES string of the molecule is C=CC1CCC(c2ccc3c(F)c(-c4ccc(Cl)cc4)ccc3c2)CC1. The molecule has 1 aliphatic carbocycles. The van der Waals surface area contributed by atoms with Crippen molar-refractivity contribution in [2.45, 2.75) is 31.6 Å². The fraction of sp³-hybridized carbons (Fsp3) is 0.250. The molecule has 1 saturated carbocycles. The Morgan fingerprint density at radius 2 is 1.65 bits per heavy atom. The summed E-state index contributed by atoms with van der Waals surface area (Å²) in [5.41, 5.74) is 2.80. The Bertz CT molecular complexity index is 934. The van der Waals surface area contributed by atoms with Crippen LogP contribution in [-0.2, 0) is 0 Å². The van der Waals surface area contributed by atoms with E-state index in [1.807, 2.05) is 30.3 Å². The van der Waals surface area contributed by atoms with Gasteiger partial charge in [-0.3, -0.25) is 0 Å². The molecule has 2 heteroatoms. The van der Waals surface area contributed by atoms with E-state index in [9.17, 15) is 0 Å². The quantitative estimate of drug-likeness (QED) is 0.416. The minimum Gasteiger partial charge on any atom is -0.206 e. The third kappa shape index (κ3) is 3.29. The number of allylic oxidation sites excluding steroid dienone is 1. The molecular weight excluding hydrogens is 343 g/mol. The van der Waals surface area contributed by atoms with Gasteiger partial charge in [-0.2, -0.15) is 0 Å². The van der Waals surface area contributed by atoms with Crippen molar-refractivity contribution in [3.05, 3.63) is 83.7 Å².